The van der Waals surface area contributed by atoms with Gasteiger partial charge in [-0.05, 0) is 37.6 Å². The third-order valence-electron chi connectivity index (χ3n) is 4.51. The predicted molar refractivity (Wildman–Crippen MR) is 99.0 cm³/mol. The molecule has 0 amide bonds. The fraction of sp³-hybridized carbons (Fsp3) is 0.190. The number of para-hydroxylation sites is 1. The van der Waals surface area contributed by atoms with E-state index in [-0.39, 0.29) is 12.1 Å². The van der Waals surface area contributed by atoms with Crippen molar-refractivity contribution < 1.29 is 9.53 Å². The minimum Gasteiger partial charge on any atom is -0.461 e. The van der Waals surface area contributed by atoms with Crippen LogP contribution in [0.15, 0.2) is 60.3 Å². The number of aromatic nitrogens is 1. The molecule has 0 bridgehead atoms. The summed E-state index contributed by atoms with van der Waals surface area (Å²) in [7, 11) is 0. The first-order valence-corrected chi connectivity index (χ1v) is 8.49. The molecule has 1 unspecified atom stereocenters. The molecule has 0 radical (unpaired) electrons. The highest BCUT2D eigenvalue weighted by Crippen LogP contribution is 2.32. The molecule has 2 heterocycles. The molecule has 1 aromatic heterocycles. The van der Waals surface area contributed by atoms with Gasteiger partial charge in [-0.3, -0.25) is 0 Å². The number of benzene rings is 2. The number of ether oxygens (including phenoxy) is 1. The highest BCUT2D eigenvalue weighted by atomic mass is 16.5. The van der Waals surface area contributed by atoms with Crippen LogP contribution in [0.25, 0.3) is 17.0 Å². The monoisotopic (exact) mass is 332 g/mol. The summed E-state index contributed by atoms with van der Waals surface area (Å²) in [6.07, 6.45) is 1.71. The van der Waals surface area contributed by atoms with E-state index in [1.807, 2.05) is 25.1 Å². The average molecular weight is 332 g/mol. The summed E-state index contributed by atoms with van der Waals surface area (Å²) < 4.78 is 7.42. The molecule has 0 saturated carbocycles. The van der Waals surface area contributed by atoms with Crippen LogP contribution in [0.2, 0.25) is 0 Å². The van der Waals surface area contributed by atoms with Crippen molar-refractivity contribution in [2.24, 2.45) is 0 Å². The zero-order valence-electron chi connectivity index (χ0n) is 14.3. The van der Waals surface area contributed by atoms with Crippen molar-refractivity contribution in [2.75, 3.05) is 6.61 Å². The number of carbonyl (C=O) groups is 1. The van der Waals surface area contributed by atoms with Gasteiger partial charge in [0.15, 0.2) is 0 Å². The lowest BCUT2D eigenvalue weighted by atomic mass is 10.1. The Labute approximate surface area is 146 Å². The van der Waals surface area contributed by atoms with Crippen LogP contribution in [0.1, 0.15) is 29.9 Å². The predicted octanol–water partition coefficient (Wildman–Crippen LogP) is 4.00. The van der Waals surface area contributed by atoms with Gasteiger partial charge in [-0.25, -0.2) is 4.79 Å². The number of fused-ring (bicyclic) bond motifs is 3. The van der Waals surface area contributed by atoms with Gasteiger partial charge in [0.05, 0.1) is 12.1 Å². The van der Waals surface area contributed by atoms with Crippen molar-refractivity contribution in [1.82, 2.24) is 9.88 Å². The molecule has 3 aromatic rings. The highest BCUT2D eigenvalue weighted by Gasteiger charge is 2.27. The van der Waals surface area contributed by atoms with Crippen LogP contribution in [0.4, 0.5) is 0 Å². The molecule has 1 aliphatic heterocycles. The summed E-state index contributed by atoms with van der Waals surface area (Å²) in [6.45, 7) is 4.24. The second kappa shape index (κ2) is 6.13. The molecule has 0 fully saturated rings. The van der Waals surface area contributed by atoms with E-state index in [1.165, 1.54) is 5.56 Å². The van der Waals surface area contributed by atoms with Crippen LogP contribution in [0.5, 0.6) is 0 Å². The van der Waals surface area contributed by atoms with E-state index in [0.717, 1.165) is 22.2 Å². The van der Waals surface area contributed by atoms with E-state index in [9.17, 15) is 4.79 Å². The van der Waals surface area contributed by atoms with E-state index >= 15 is 0 Å². The quantitative estimate of drug-likeness (QED) is 0.737. The van der Waals surface area contributed by atoms with Crippen molar-refractivity contribution in [3.8, 4) is 0 Å². The van der Waals surface area contributed by atoms with Gasteiger partial charge in [-0.1, -0.05) is 48.0 Å². The number of hydrogen-bond acceptors (Lipinski definition) is 3. The van der Waals surface area contributed by atoms with Crippen molar-refractivity contribution in [3.63, 3.8) is 0 Å². The summed E-state index contributed by atoms with van der Waals surface area (Å²) in [4.78, 5) is 12.3. The lowest BCUT2D eigenvalue weighted by molar-refractivity contribution is -0.139. The van der Waals surface area contributed by atoms with Gasteiger partial charge in [0.25, 0.3) is 0 Å². The molecular formula is C21H20N2O2. The highest BCUT2D eigenvalue weighted by molar-refractivity contribution is 5.95. The lowest BCUT2D eigenvalue weighted by Gasteiger charge is -2.29. The summed E-state index contributed by atoms with van der Waals surface area (Å²) >= 11 is 0. The van der Waals surface area contributed by atoms with Gasteiger partial charge in [0, 0.05) is 11.1 Å². The molecule has 126 valence electrons. The zero-order chi connectivity index (χ0) is 17.4. The Morgan fingerprint density at radius 2 is 1.92 bits per heavy atom. The number of nitrogens with one attached hydrogen (secondary N) is 1. The molecule has 1 aliphatic rings. The van der Waals surface area contributed by atoms with Gasteiger partial charge in [0.1, 0.15) is 11.9 Å². The third kappa shape index (κ3) is 2.70. The summed E-state index contributed by atoms with van der Waals surface area (Å²) in [5, 5.41) is 4.51. The number of carbonyl (C=O) groups excluding carboxylic acids is 1. The number of hydrogen-bond donors (Lipinski definition) is 1. The maximum Gasteiger partial charge on any atom is 0.354 e. The summed E-state index contributed by atoms with van der Waals surface area (Å²) in [6, 6.07) is 18.7. The molecular weight excluding hydrogens is 312 g/mol. The maximum absolute atomic E-state index is 12.3. The number of nitrogens with zero attached hydrogens (tertiary/aromatic N) is 1. The molecule has 25 heavy (non-hydrogen) atoms. The molecule has 1 atom stereocenters. The molecule has 4 nitrogen and oxygen atoms in total. The first-order chi connectivity index (χ1) is 12.2. The van der Waals surface area contributed by atoms with E-state index < -0.39 is 0 Å². The summed E-state index contributed by atoms with van der Waals surface area (Å²) in [5.41, 5.74) is 4.92. The van der Waals surface area contributed by atoms with Gasteiger partial charge in [-0.2, -0.15) is 0 Å². The first-order valence-electron chi connectivity index (χ1n) is 8.49. The molecule has 4 heteroatoms. The van der Waals surface area contributed by atoms with Crippen LogP contribution < -0.4 is 5.32 Å². The third-order valence-corrected chi connectivity index (χ3v) is 4.51. The Kier molecular flexibility index (Phi) is 3.80. The van der Waals surface area contributed by atoms with Crippen LogP contribution in [0, 0.1) is 6.92 Å². The largest absolute Gasteiger partial charge is 0.461 e. The number of rotatable bonds is 3. The number of aryl methyl sites for hydroxylation is 1. The van der Waals surface area contributed by atoms with E-state index in [0.29, 0.717) is 12.3 Å². The van der Waals surface area contributed by atoms with E-state index in [1.54, 1.807) is 0 Å². The Morgan fingerprint density at radius 3 is 2.68 bits per heavy atom. The minimum absolute atomic E-state index is 0.153. The second-order valence-electron chi connectivity index (χ2n) is 6.23. The molecule has 0 saturated heterocycles. The van der Waals surface area contributed by atoms with Gasteiger partial charge < -0.3 is 14.6 Å². The molecule has 0 spiro atoms. The van der Waals surface area contributed by atoms with Crippen LogP contribution in [-0.4, -0.2) is 17.1 Å². The Bertz CT molecular complexity index is 967. The lowest BCUT2D eigenvalue weighted by Crippen LogP contribution is -2.34. The van der Waals surface area contributed by atoms with Crippen molar-refractivity contribution in [3.05, 3.63) is 77.1 Å². The SMILES string of the molecule is CCOC(=O)C1=Cc2cc3ccccc3n2C(c2ccc(C)cc2)N1. The molecule has 2 aromatic carbocycles. The Balaban J connectivity index is 1.89. The van der Waals surface area contributed by atoms with Gasteiger partial charge in [-0.15, -0.1) is 0 Å². The zero-order valence-corrected chi connectivity index (χ0v) is 14.3. The minimum atomic E-state index is -0.323. The maximum atomic E-state index is 12.3. The summed E-state index contributed by atoms with van der Waals surface area (Å²) in [5.74, 6) is -0.323. The van der Waals surface area contributed by atoms with Gasteiger partial charge >= 0.3 is 5.97 Å². The van der Waals surface area contributed by atoms with E-state index in [2.05, 4.69) is 59.3 Å². The topological polar surface area (TPSA) is 43.3 Å². The molecule has 0 aliphatic carbocycles. The molecule has 4 rings (SSSR count). The molecule has 1 N–H and O–H groups in total. The van der Waals surface area contributed by atoms with Crippen molar-refractivity contribution in [1.29, 1.82) is 0 Å². The first kappa shape index (κ1) is 15.5. The van der Waals surface area contributed by atoms with E-state index in [4.69, 9.17) is 4.74 Å². The standard InChI is InChI=1S/C21H20N2O2/c1-3-25-21(24)18-13-17-12-16-6-4-5-7-19(16)23(17)20(22-18)15-10-8-14(2)9-11-15/h4-13,20,22H,3H2,1-2H3. The van der Waals surface area contributed by atoms with Crippen LogP contribution >= 0.6 is 0 Å². The smallest absolute Gasteiger partial charge is 0.354 e. The fourth-order valence-corrected chi connectivity index (χ4v) is 3.31. The fourth-order valence-electron chi connectivity index (χ4n) is 3.31. The second-order valence-corrected chi connectivity index (χ2v) is 6.23. The average Bonchev–Trinajstić information content (AvgIpc) is 3.00. The normalized spacial score (nSPS) is 16.1. The van der Waals surface area contributed by atoms with Crippen LogP contribution in [-0.2, 0) is 9.53 Å². The van der Waals surface area contributed by atoms with Crippen molar-refractivity contribution >= 4 is 22.9 Å². The Morgan fingerprint density at radius 1 is 1.16 bits per heavy atom. The van der Waals surface area contributed by atoms with Crippen LogP contribution in [0.3, 0.4) is 0 Å². The van der Waals surface area contributed by atoms with Crippen molar-refractivity contribution in [2.45, 2.75) is 20.0 Å². The number of esters is 1. The Hall–Kier alpha value is -3.01. The van der Waals surface area contributed by atoms with Gasteiger partial charge in [0.2, 0.25) is 0 Å².